The van der Waals surface area contributed by atoms with E-state index in [1.807, 2.05) is 0 Å². The summed E-state index contributed by atoms with van der Waals surface area (Å²) in [4.78, 5) is 0. The Morgan fingerprint density at radius 1 is 0.786 bits per heavy atom. The molecule has 0 aliphatic rings. The molecule has 7 heteroatoms. The number of hydrogen-bond donors (Lipinski definition) is 0. The summed E-state index contributed by atoms with van der Waals surface area (Å²) in [7, 11) is -2.90. The van der Waals surface area contributed by atoms with Gasteiger partial charge in [-0.3, -0.25) is 0 Å². The average molecular weight is 451 g/mol. The molecule has 0 saturated heterocycles. The lowest BCUT2D eigenvalue weighted by molar-refractivity contribution is 0.00945. The standard InChI is InChI=1S/C21H50O4Si3/c1-19(2,3)27(9,10)23-17-18(24-28(11,12)20(4,5)6)16-22-15-13-14-21(7,8)25-26/h18H,13-17H2,1-12,26H3. The minimum Gasteiger partial charge on any atom is -0.423 e. The fourth-order valence-corrected chi connectivity index (χ4v) is 4.71. The summed E-state index contributed by atoms with van der Waals surface area (Å²) >= 11 is 0. The van der Waals surface area contributed by atoms with Crippen molar-refractivity contribution in [2.24, 2.45) is 0 Å². The molecular formula is C21H50O4Si3. The van der Waals surface area contributed by atoms with Gasteiger partial charge in [0.05, 0.1) is 19.3 Å². The van der Waals surface area contributed by atoms with Crippen molar-refractivity contribution in [3.63, 3.8) is 0 Å². The summed E-state index contributed by atoms with van der Waals surface area (Å²) in [6.07, 6.45) is 2.02. The summed E-state index contributed by atoms with van der Waals surface area (Å²) in [5.41, 5.74) is -0.0297. The normalized spacial score (nSPS) is 15.9. The van der Waals surface area contributed by atoms with Gasteiger partial charge in [0.1, 0.15) is 10.5 Å². The fourth-order valence-electron chi connectivity index (χ4n) is 2.14. The molecule has 1 atom stereocenters. The van der Waals surface area contributed by atoms with E-state index in [2.05, 4.69) is 81.6 Å². The van der Waals surface area contributed by atoms with Crippen molar-refractivity contribution >= 4 is 27.1 Å². The lowest BCUT2D eigenvalue weighted by Crippen LogP contribution is -2.49. The quantitative estimate of drug-likeness (QED) is 0.300. The molecule has 0 aliphatic carbocycles. The van der Waals surface area contributed by atoms with Crippen molar-refractivity contribution in [3.8, 4) is 0 Å². The number of hydrogen-bond acceptors (Lipinski definition) is 4. The molecule has 0 bridgehead atoms. The first kappa shape index (κ1) is 28.5. The van der Waals surface area contributed by atoms with Gasteiger partial charge in [-0.2, -0.15) is 0 Å². The SMILES string of the molecule is CC(C)(CCCOCC(CO[Si](C)(C)C(C)(C)C)O[Si](C)(C)C(C)(C)C)O[SiH3]. The summed E-state index contributed by atoms with van der Waals surface area (Å²) in [6, 6.07) is 0. The minimum atomic E-state index is -1.87. The molecule has 28 heavy (non-hydrogen) atoms. The number of rotatable bonds is 12. The molecule has 0 radical (unpaired) electrons. The smallest absolute Gasteiger partial charge is 0.192 e. The summed E-state index contributed by atoms with van der Waals surface area (Å²) < 4.78 is 24.8. The maximum Gasteiger partial charge on any atom is 0.192 e. The second kappa shape index (κ2) is 10.7. The molecule has 0 amide bonds. The monoisotopic (exact) mass is 450 g/mol. The van der Waals surface area contributed by atoms with Gasteiger partial charge in [0, 0.05) is 12.2 Å². The van der Waals surface area contributed by atoms with E-state index in [1.54, 1.807) is 0 Å². The second-order valence-corrected chi connectivity index (χ2v) is 21.7. The van der Waals surface area contributed by atoms with E-state index in [0.717, 1.165) is 29.9 Å². The molecule has 4 nitrogen and oxygen atoms in total. The van der Waals surface area contributed by atoms with Crippen LogP contribution in [0.4, 0.5) is 0 Å². The lowest BCUT2D eigenvalue weighted by atomic mass is 10.0. The predicted molar refractivity (Wildman–Crippen MR) is 130 cm³/mol. The highest BCUT2D eigenvalue weighted by Crippen LogP contribution is 2.39. The Hall–Kier alpha value is 0.491. The maximum atomic E-state index is 6.67. The van der Waals surface area contributed by atoms with Crippen molar-refractivity contribution in [3.05, 3.63) is 0 Å². The fraction of sp³-hybridized carbons (Fsp3) is 1.00. The van der Waals surface area contributed by atoms with Crippen LogP contribution in [0.1, 0.15) is 68.2 Å². The summed E-state index contributed by atoms with van der Waals surface area (Å²) in [5.74, 6) is 0. The molecule has 0 fully saturated rings. The Morgan fingerprint density at radius 2 is 1.29 bits per heavy atom. The number of ether oxygens (including phenoxy) is 1. The Bertz CT molecular complexity index is 452. The van der Waals surface area contributed by atoms with E-state index >= 15 is 0 Å². The Morgan fingerprint density at radius 3 is 1.71 bits per heavy atom. The van der Waals surface area contributed by atoms with E-state index in [4.69, 9.17) is 18.0 Å². The molecule has 0 aliphatic heterocycles. The largest absolute Gasteiger partial charge is 0.423 e. The van der Waals surface area contributed by atoms with Crippen LogP contribution in [0.3, 0.4) is 0 Å². The molecular weight excluding hydrogens is 400 g/mol. The van der Waals surface area contributed by atoms with Gasteiger partial charge in [-0.05, 0) is 63.0 Å². The van der Waals surface area contributed by atoms with Crippen LogP contribution in [0.5, 0.6) is 0 Å². The van der Waals surface area contributed by atoms with Gasteiger partial charge >= 0.3 is 0 Å². The van der Waals surface area contributed by atoms with Crippen LogP contribution in [-0.4, -0.2) is 58.6 Å². The van der Waals surface area contributed by atoms with Crippen LogP contribution in [0.15, 0.2) is 0 Å². The van der Waals surface area contributed by atoms with E-state index in [1.165, 1.54) is 0 Å². The third-order valence-corrected chi connectivity index (χ3v) is 16.8. The van der Waals surface area contributed by atoms with Crippen LogP contribution in [-0.2, 0) is 18.0 Å². The van der Waals surface area contributed by atoms with Crippen LogP contribution in [0.25, 0.3) is 0 Å². The minimum absolute atomic E-state index is 0.00198. The van der Waals surface area contributed by atoms with Gasteiger partial charge in [-0.25, -0.2) is 0 Å². The van der Waals surface area contributed by atoms with E-state index in [0.29, 0.717) is 13.2 Å². The van der Waals surface area contributed by atoms with Crippen molar-refractivity contribution in [1.29, 1.82) is 0 Å². The second-order valence-electron chi connectivity index (χ2n) is 11.7. The van der Waals surface area contributed by atoms with E-state index in [-0.39, 0.29) is 21.8 Å². The van der Waals surface area contributed by atoms with Crippen LogP contribution < -0.4 is 0 Å². The maximum absolute atomic E-state index is 6.67. The summed E-state index contributed by atoms with van der Waals surface area (Å²) in [5, 5.41) is 0.374. The average Bonchev–Trinajstić information content (AvgIpc) is 2.49. The molecule has 0 aromatic heterocycles. The molecule has 0 spiro atoms. The van der Waals surface area contributed by atoms with E-state index in [9.17, 15) is 0 Å². The zero-order valence-corrected chi connectivity index (χ0v) is 25.2. The van der Waals surface area contributed by atoms with Gasteiger partial charge in [0.15, 0.2) is 16.6 Å². The first-order valence-electron chi connectivity index (χ1n) is 10.8. The molecule has 0 N–H and O–H groups in total. The third kappa shape index (κ3) is 10.00. The Labute approximate surface area is 181 Å². The molecule has 0 aromatic carbocycles. The molecule has 170 valence electrons. The van der Waals surface area contributed by atoms with Gasteiger partial charge < -0.3 is 18.0 Å². The highest BCUT2D eigenvalue weighted by molar-refractivity contribution is 6.74. The molecule has 1 unspecified atom stereocenters. The molecule has 0 heterocycles. The topological polar surface area (TPSA) is 36.9 Å². The van der Waals surface area contributed by atoms with Crippen LogP contribution >= 0.6 is 0 Å². The third-order valence-electron chi connectivity index (χ3n) is 6.63. The van der Waals surface area contributed by atoms with Crippen molar-refractivity contribution in [2.75, 3.05) is 19.8 Å². The highest BCUT2D eigenvalue weighted by atomic mass is 28.4. The molecule has 0 rings (SSSR count). The Kier molecular flexibility index (Phi) is 10.9. The van der Waals surface area contributed by atoms with Crippen molar-refractivity contribution < 1.29 is 18.0 Å². The lowest BCUT2D eigenvalue weighted by Gasteiger charge is -2.41. The summed E-state index contributed by atoms with van der Waals surface area (Å²) in [6.45, 7) is 29.1. The van der Waals surface area contributed by atoms with Crippen LogP contribution in [0.2, 0.25) is 36.3 Å². The van der Waals surface area contributed by atoms with Gasteiger partial charge in [-0.15, -0.1) is 0 Å². The van der Waals surface area contributed by atoms with Crippen molar-refractivity contribution in [2.45, 2.75) is 116 Å². The highest BCUT2D eigenvalue weighted by Gasteiger charge is 2.41. The van der Waals surface area contributed by atoms with Crippen molar-refractivity contribution in [1.82, 2.24) is 0 Å². The zero-order valence-electron chi connectivity index (χ0n) is 21.2. The zero-order chi connectivity index (χ0) is 22.4. The van der Waals surface area contributed by atoms with Gasteiger partial charge in [0.25, 0.3) is 0 Å². The molecule has 0 saturated carbocycles. The van der Waals surface area contributed by atoms with Crippen LogP contribution in [0, 0.1) is 0 Å². The molecule has 0 aromatic rings. The first-order chi connectivity index (χ1) is 12.3. The van der Waals surface area contributed by atoms with E-state index < -0.39 is 16.6 Å². The van der Waals surface area contributed by atoms with Gasteiger partial charge in [-0.1, -0.05) is 41.5 Å². The Balaban J connectivity index is 4.87. The first-order valence-corrected chi connectivity index (χ1v) is 17.4. The van der Waals surface area contributed by atoms with Gasteiger partial charge in [0.2, 0.25) is 0 Å². The predicted octanol–water partition coefficient (Wildman–Crippen LogP) is 5.27.